The summed E-state index contributed by atoms with van der Waals surface area (Å²) < 4.78 is 28.3. The van der Waals surface area contributed by atoms with Crippen LogP contribution in [0.25, 0.3) is 0 Å². The normalized spacial score (nSPS) is 20.0. The zero-order chi connectivity index (χ0) is 18.8. The second-order valence-electron chi connectivity index (χ2n) is 5.62. The summed E-state index contributed by atoms with van der Waals surface area (Å²) in [6.07, 6.45) is -0.753. The lowest BCUT2D eigenvalue weighted by atomic mass is 10.2. The van der Waals surface area contributed by atoms with Crippen molar-refractivity contribution in [3.8, 4) is 0 Å². The van der Waals surface area contributed by atoms with Crippen molar-refractivity contribution in [3.63, 3.8) is 0 Å². The van der Waals surface area contributed by atoms with Crippen LogP contribution in [0, 0.1) is 10.1 Å². The number of sulfone groups is 1. The average molecular weight is 390 g/mol. The Bertz CT molecular complexity index is 787. The molecule has 2 atom stereocenters. The van der Waals surface area contributed by atoms with Crippen LogP contribution in [0.3, 0.4) is 0 Å². The molecule has 2 rings (SSSR count). The summed E-state index contributed by atoms with van der Waals surface area (Å²) in [5, 5.41) is 10.5. The van der Waals surface area contributed by atoms with Crippen molar-refractivity contribution in [1.29, 1.82) is 0 Å². The van der Waals surface area contributed by atoms with E-state index in [4.69, 9.17) is 4.74 Å². The first-order valence-electron chi connectivity index (χ1n) is 7.60. The summed E-state index contributed by atoms with van der Waals surface area (Å²) in [7, 11) is -3.15. The van der Waals surface area contributed by atoms with E-state index in [2.05, 4.69) is 0 Å². The zero-order valence-corrected chi connectivity index (χ0v) is 15.3. The first kappa shape index (κ1) is 19.3. The Morgan fingerprint density at radius 2 is 2.16 bits per heavy atom. The lowest BCUT2D eigenvalue weighted by Crippen LogP contribution is -2.46. The average Bonchev–Trinajstić information content (AvgIpc) is 3.14. The molecule has 1 aliphatic rings. The van der Waals surface area contributed by atoms with Crippen LogP contribution in [0.1, 0.15) is 29.9 Å². The quantitative estimate of drug-likeness (QED) is 0.406. The first-order chi connectivity index (χ1) is 11.6. The van der Waals surface area contributed by atoms with Gasteiger partial charge in [-0.3, -0.25) is 14.9 Å². The number of thiophene rings is 1. The summed E-state index contributed by atoms with van der Waals surface area (Å²) in [6, 6.07) is 2.03. The lowest BCUT2D eigenvalue weighted by molar-refractivity contribution is -0.380. The number of hydrogen-bond acceptors (Lipinski definition) is 8. The molecular weight excluding hydrogens is 372 g/mol. The molecule has 0 radical (unpaired) electrons. The van der Waals surface area contributed by atoms with E-state index < -0.39 is 38.8 Å². The van der Waals surface area contributed by atoms with Crippen molar-refractivity contribution in [1.82, 2.24) is 4.90 Å². The fourth-order valence-corrected chi connectivity index (χ4v) is 5.09. The fourth-order valence-electron chi connectivity index (χ4n) is 2.65. The van der Waals surface area contributed by atoms with Crippen molar-refractivity contribution in [2.24, 2.45) is 0 Å². The van der Waals surface area contributed by atoms with Crippen LogP contribution >= 0.6 is 11.3 Å². The lowest BCUT2D eigenvalue weighted by Gasteiger charge is -2.29. The van der Waals surface area contributed by atoms with Gasteiger partial charge in [0.2, 0.25) is 0 Å². The van der Waals surface area contributed by atoms with Gasteiger partial charge in [0.05, 0.1) is 16.4 Å². The molecule has 138 valence electrons. The van der Waals surface area contributed by atoms with Crippen molar-refractivity contribution >= 4 is 38.1 Å². The summed E-state index contributed by atoms with van der Waals surface area (Å²) in [4.78, 5) is 36.0. The van der Waals surface area contributed by atoms with Gasteiger partial charge in [0.25, 0.3) is 5.91 Å². The molecule has 1 amide bonds. The molecule has 1 saturated heterocycles. The second kappa shape index (κ2) is 7.48. The fraction of sp³-hybridized carbons (Fsp3) is 0.571. The summed E-state index contributed by atoms with van der Waals surface area (Å²) in [5.74, 6) is -1.36. The summed E-state index contributed by atoms with van der Waals surface area (Å²) in [6.45, 7) is 3.42. The largest absolute Gasteiger partial charge is 0.448 e. The van der Waals surface area contributed by atoms with Gasteiger partial charge in [-0.15, -0.1) is 0 Å². The molecule has 11 heteroatoms. The number of amides is 1. The van der Waals surface area contributed by atoms with E-state index in [0.717, 1.165) is 0 Å². The number of esters is 1. The zero-order valence-electron chi connectivity index (χ0n) is 13.7. The Hall–Kier alpha value is -2.01. The van der Waals surface area contributed by atoms with Gasteiger partial charge in [-0.25, -0.2) is 13.2 Å². The Morgan fingerprint density at radius 3 is 2.64 bits per heavy atom. The maximum absolute atomic E-state index is 12.5. The molecular formula is C14H18N2O7S2. The number of likely N-dealkylation sites (N-methyl/N-ethyl adjacent to an activating group) is 1. The Balaban J connectivity index is 2.02. The number of hydrogen-bond donors (Lipinski definition) is 0. The molecule has 2 heterocycles. The molecule has 0 N–H and O–H groups in total. The Labute approximate surface area is 148 Å². The van der Waals surface area contributed by atoms with E-state index in [1.54, 1.807) is 6.92 Å². The highest BCUT2D eigenvalue weighted by molar-refractivity contribution is 7.91. The van der Waals surface area contributed by atoms with Crippen LogP contribution in [0.4, 0.5) is 5.00 Å². The van der Waals surface area contributed by atoms with E-state index in [1.807, 2.05) is 0 Å². The Morgan fingerprint density at radius 1 is 1.48 bits per heavy atom. The molecule has 1 fully saturated rings. The van der Waals surface area contributed by atoms with Gasteiger partial charge in [-0.2, -0.15) is 0 Å². The highest BCUT2D eigenvalue weighted by Gasteiger charge is 2.36. The third kappa shape index (κ3) is 4.54. The van der Waals surface area contributed by atoms with Crippen LogP contribution in [0.5, 0.6) is 0 Å². The number of rotatable bonds is 6. The van der Waals surface area contributed by atoms with Gasteiger partial charge in [0, 0.05) is 18.7 Å². The first-order valence-corrected chi connectivity index (χ1v) is 10.2. The molecule has 1 aliphatic heterocycles. The molecule has 0 aliphatic carbocycles. The van der Waals surface area contributed by atoms with Crippen LogP contribution < -0.4 is 0 Å². The highest BCUT2D eigenvalue weighted by atomic mass is 32.2. The molecule has 0 aromatic carbocycles. The third-order valence-corrected chi connectivity index (χ3v) is 6.64. The van der Waals surface area contributed by atoms with Crippen molar-refractivity contribution in [3.05, 3.63) is 27.1 Å². The van der Waals surface area contributed by atoms with E-state index >= 15 is 0 Å². The minimum Gasteiger partial charge on any atom is -0.448 e. The molecule has 25 heavy (non-hydrogen) atoms. The topological polar surface area (TPSA) is 124 Å². The van der Waals surface area contributed by atoms with Gasteiger partial charge in [0.15, 0.2) is 15.9 Å². The molecule has 9 nitrogen and oxygen atoms in total. The minimum atomic E-state index is -3.15. The monoisotopic (exact) mass is 390 g/mol. The summed E-state index contributed by atoms with van der Waals surface area (Å²) in [5.41, 5.74) is 0. The number of ether oxygens (including phenoxy) is 1. The molecule has 0 bridgehead atoms. The van der Waals surface area contributed by atoms with Gasteiger partial charge in [-0.1, -0.05) is 11.3 Å². The van der Waals surface area contributed by atoms with Crippen molar-refractivity contribution in [2.45, 2.75) is 32.4 Å². The van der Waals surface area contributed by atoms with E-state index in [1.165, 1.54) is 24.0 Å². The highest BCUT2D eigenvalue weighted by Crippen LogP contribution is 2.25. The predicted octanol–water partition coefficient (Wildman–Crippen LogP) is 1.24. The number of nitrogens with zero attached hydrogens (tertiary/aromatic N) is 2. The van der Waals surface area contributed by atoms with Gasteiger partial charge in [0.1, 0.15) is 4.88 Å². The van der Waals surface area contributed by atoms with Crippen LogP contribution in [0.2, 0.25) is 0 Å². The number of carbonyl (C=O) groups is 2. The maximum atomic E-state index is 12.5. The predicted molar refractivity (Wildman–Crippen MR) is 90.3 cm³/mol. The van der Waals surface area contributed by atoms with Gasteiger partial charge in [-0.05, 0) is 26.3 Å². The SMILES string of the molecule is CCN(C(=O)C(C)OC(=O)c1ccc([N+](=O)[O-])s1)C1CCS(=O)(=O)C1. The van der Waals surface area contributed by atoms with Crippen molar-refractivity contribution in [2.75, 3.05) is 18.1 Å². The van der Waals surface area contributed by atoms with Gasteiger partial charge < -0.3 is 9.64 Å². The maximum Gasteiger partial charge on any atom is 0.349 e. The molecule has 1 aromatic rings. The van der Waals surface area contributed by atoms with Crippen LogP contribution in [0.15, 0.2) is 12.1 Å². The van der Waals surface area contributed by atoms with E-state index in [-0.39, 0.29) is 21.4 Å². The number of nitro groups is 1. The van der Waals surface area contributed by atoms with E-state index in [0.29, 0.717) is 24.3 Å². The smallest absolute Gasteiger partial charge is 0.349 e. The third-order valence-electron chi connectivity index (χ3n) is 3.88. The van der Waals surface area contributed by atoms with Crippen LogP contribution in [-0.2, 0) is 19.4 Å². The molecule has 1 aromatic heterocycles. The van der Waals surface area contributed by atoms with Gasteiger partial charge >= 0.3 is 11.0 Å². The second-order valence-corrected chi connectivity index (χ2v) is 8.91. The molecule has 0 spiro atoms. The van der Waals surface area contributed by atoms with Crippen molar-refractivity contribution < 1.29 is 27.7 Å². The molecule has 0 saturated carbocycles. The molecule has 2 unspecified atom stereocenters. The summed E-state index contributed by atoms with van der Waals surface area (Å²) >= 11 is 0.664. The number of carbonyl (C=O) groups excluding carboxylic acids is 2. The van der Waals surface area contributed by atoms with Crippen LogP contribution in [-0.4, -0.2) is 60.3 Å². The van der Waals surface area contributed by atoms with E-state index in [9.17, 15) is 28.1 Å². The Kier molecular flexibility index (Phi) is 5.78. The standard InChI is InChI=1S/C14H18N2O7S2/c1-3-15(10-6-7-25(21,22)8-10)13(17)9(2)23-14(18)11-4-5-12(24-11)16(19)20/h4-5,9-10H,3,6-8H2,1-2H3. The minimum absolute atomic E-state index is 0.0258.